The maximum Gasteiger partial charge on any atom is 0.312 e. The van der Waals surface area contributed by atoms with E-state index in [4.69, 9.17) is 9.26 Å². The van der Waals surface area contributed by atoms with E-state index in [1.54, 1.807) is 18.2 Å². The van der Waals surface area contributed by atoms with Crippen LogP contribution in [0.1, 0.15) is 12.6 Å². The lowest BCUT2D eigenvalue weighted by Gasteiger charge is -2.13. The molecule has 2 aromatic carbocycles. The number of rotatable bonds is 5. The number of carbonyl (C=O) groups is 2. The molecule has 128 valence electrons. The first-order valence-corrected chi connectivity index (χ1v) is 7.62. The third-order valence-electron chi connectivity index (χ3n) is 3.55. The highest BCUT2D eigenvalue weighted by Crippen LogP contribution is 2.18. The second-order valence-electron chi connectivity index (χ2n) is 5.43. The average Bonchev–Trinajstić information content (AvgIpc) is 3.00. The summed E-state index contributed by atoms with van der Waals surface area (Å²) < 4.78 is 23.1. The van der Waals surface area contributed by atoms with Crippen molar-refractivity contribution in [3.63, 3.8) is 0 Å². The number of aromatic nitrogens is 1. The minimum absolute atomic E-state index is 0.106. The van der Waals surface area contributed by atoms with E-state index in [0.29, 0.717) is 17.0 Å². The van der Waals surface area contributed by atoms with Gasteiger partial charge in [0.15, 0.2) is 11.7 Å². The molecule has 0 spiro atoms. The summed E-state index contributed by atoms with van der Waals surface area (Å²) >= 11 is 0. The quantitative estimate of drug-likeness (QED) is 0.721. The molecule has 1 aromatic heterocycles. The first-order valence-electron chi connectivity index (χ1n) is 7.62. The Morgan fingerprint density at radius 2 is 1.92 bits per heavy atom. The second-order valence-corrected chi connectivity index (χ2v) is 5.43. The first kappa shape index (κ1) is 16.6. The molecule has 0 bridgehead atoms. The van der Waals surface area contributed by atoms with Gasteiger partial charge in [-0.05, 0) is 43.3 Å². The van der Waals surface area contributed by atoms with Gasteiger partial charge >= 0.3 is 5.97 Å². The number of halogens is 1. The summed E-state index contributed by atoms with van der Waals surface area (Å²) in [7, 11) is 0. The van der Waals surface area contributed by atoms with Gasteiger partial charge in [-0.1, -0.05) is 17.3 Å². The predicted molar refractivity (Wildman–Crippen MR) is 88.3 cm³/mol. The molecule has 0 aliphatic heterocycles. The second kappa shape index (κ2) is 7.12. The van der Waals surface area contributed by atoms with E-state index in [0.717, 1.165) is 5.39 Å². The van der Waals surface area contributed by atoms with E-state index in [1.807, 2.05) is 6.07 Å². The van der Waals surface area contributed by atoms with Gasteiger partial charge < -0.3 is 14.6 Å². The van der Waals surface area contributed by atoms with E-state index in [2.05, 4.69) is 10.5 Å². The summed E-state index contributed by atoms with van der Waals surface area (Å²) in [6.45, 7) is 1.46. The van der Waals surface area contributed by atoms with Crippen molar-refractivity contribution >= 4 is 28.5 Å². The standard InChI is InChI=1S/C18H15FN2O4/c1-11(18(23)20-13-8-6-12(19)7-9-13)24-17(22)10-15-14-4-2-3-5-16(14)25-21-15/h2-9,11H,10H2,1H3,(H,20,23)/t11-/m0/s1. The number of carbonyl (C=O) groups excluding carboxylic acids is 2. The minimum atomic E-state index is -1.00. The maximum absolute atomic E-state index is 12.9. The number of amides is 1. The van der Waals surface area contributed by atoms with E-state index < -0.39 is 23.8 Å². The molecule has 0 aliphatic rings. The first-order chi connectivity index (χ1) is 12.0. The van der Waals surface area contributed by atoms with Gasteiger partial charge in [-0.25, -0.2) is 4.39 Å². The zero-order valence-electron chi connectivity index (χ0n) is 13.4. The zero-order chi connectivity index (χ0) is 17.8. The number of anilines is 1. The molecule has 7 heteroatoms. The Hall–Kier alpha value is -3.22. The molecule has 1 amide bonds. The smallest absolute Gasteiger partial charge is 0.312 e. The van der Waals surface area contributed by atoms with Crippen molar-refractivity contribution in [2.24, 2.45) is 0 Å². The number of para-hydroxylation sites is 1. The number of benzene rings is 2. The van der Waals surface area contributed by atoms with E-state index in [9.17, 15) is 14.0 Å². The Morgan fingerprint density at radius 1 is 1.20 bits per heavy atom. The fourth-order valence-corrected chi connectivity index (χ4v) is 2.27. The van der Waals surface area contributed by atoms with Crippen LogP contribution in [0.4, 0.5) is 10.1 Å². The normalized spacial score (nSPS) is 11.9. The topological polar surface area (TPSA) is 81.4 Å². The van der Waals surface area contributed by atoms with Crippen molar-refractivity contribution in [3.05, 3.63) is 60.0 Å². The van der Waals surface area contributed by atoms with Gasteiger partial charge in [-0.3, -0.25) is 9.59 Å². The summed E-state index contributed by atoms with van der Waals surface area (Å²) in [4.78, 5) is 24.1. The molecule has 0 saturated heterocycles. The fraction of sp³-hybridized carbons (Fsp3) is 0.167. The van der Waals surface area contributed by atoms with Crippen LogP contribution in [0.25, 0.3) is 11.0 Å². The van der Waals surface area contributed by atoms with Crippen molar-refractivity contribution in [1.82, 2.24) is 5.16 Å². The van der Waals surface area contributed by atoms with Crippen molar-refractivity contribution in [1.29, 1.82) is 0 Å². The largest absolute Gasteiger partial charge is 0.452 e. The van der Waals surface area contributed by atoms with Gasteiger partial charge in [-0.2, -0.15) is 0 Å². The van der Waals surface area contributed by atoms with E-state index in [1.165, 1.54) is 31.2 Å². The number of ether oxygens (including phenoxy) is 1. The summed E-state index contributed by atoms with van der Waals surface area (Å²) in [6, 6.07) is 12.4. The maximum atomic E-state index is 12.9. The monoisotopic (exact) mass is 342 g/mol. The van der Waals surface area contributed by atoms with Crippen LogP contribution in [0.3, 0.4) is 0 Å². The van der Waals surface area contributed by atoms with Crippen LogP contribution in [-0.4, -0.2) is 23.1 Å². The SMILES string of the molecule is C[C@H](OC(=O)Cc1noc2ccccc12)C(=O)Nc1ccc(F)cc1. The number of nitrogens with one attached hydrogen (secondary N) is 1. The Labute approximate surface area is 142 Å². The minimum Gasteiger partial charge on any atom is -0.452 e. The Morgan fingerprint density at radius 3 is 2.68 bits per heavy atom. The summed E-state index contributed by atoms with van der Waals surface area (Å²) in [5.41, 5.74) is 1.44. The van der Waals surface area contributed by atoms with Gasteiger partial charge in [0.1, 0.15) is 11.5 Å². The van der Waals surface area contributed by atoms with Crippen LogP contribution in [0.15, 0.2) is 53.1 Å². The average molecular weight is 342 g/mol. The van der Waals surface area contributed by atoms with Crippen LogP contribution >= 0.6 is 0 Å². The highest BCUT2D eigenvalue weighted by Gasteiger charge is 2.20. The number of hydrogen-bond donors (Lipinski definition) is 1. The zero-order valence-corrected chi connectivity index (χ0v) is 13.4. The van der Waals surface area contributed by atoms with Crippen molar-refractivity contribution in [3.8, 4) is 0 Å². The van der Waals surface area contributed by atoms with E-state index in [-0.39, 0.29) is 6.42 Å². The van der Waals surface area contributed by atoms with Crippen LogP contribution in [-0.2, 0) is 20.7 Å². The summed E-state index contributed by atoms with van der Waals surface area (Å²) in [5, 5.41) is 7.12. The molecule has 0 radical (unpaired) electrons. The van der Waals surface area contributed by atoms with Gasteiger partial charge in [0.25, 0.3) is 5.91 Å². The molecule has 3 rings (SSSR count). The molecule has 1 heterocycles. The van der Waals surface area contributed by atoms with E-state index >= 15 is 0 Å². The molecule has 25 heavy (non-hydrogen) atoms. The summed E-state index contributed by atoms with van der Waals surface area (Å²) in [6.07, 6.45) is -1.11. The number of fused-ring (bicyclic) bond motifs is 1. The third-order valence-corrected chi connectivity index (χ3v) is 3.55. The molecule has 0 unspecified atom stereocenters. The molecule has 6 nitrogen and oxygen atoms in total. The lowest BCUT2D eigenvalue weighted by molar-refractivity contribution is -0.152. The van der Waals surface area contributed by atoms with Crippen molar-refractivity contribution < 1.29 is 23.2 Å². The summed E-state index contributed by atoms with van der Waals surface area (Å²) in [5.74, 6) is -1.51. The Balaban J connectivity index is 1.58. The third kappa shape index (κ3) is 4.00. The van der Waals surface area contributed by atoms with Crippen LogP contribution in [0, 0.1) is 5.82 Å². The number of hydrogen-bond acceptors (Lipinski definition) is 5. The molecule has 0 fully saturated rings. The predicted octanol–water partition coefficient (Wildman–Crippen LogP) is 3.08. The van der Waals surface area contributed by atoms with Gasteiger partial charge in [0.05, 0.1) is 6.42 Å². The molecule has 0 aliphatic carbocycles. The fourth-order valence-electron chi connectivity index (χ4n) is 2.27. The molecule has 0 saturated carbocycles. The highest BCUT2D eigenvalue weighted by atomic mass is 19.1. The van der Waals surface area contributed by atoms with Crippen LogP contribution in [0.5, 0.6) is 0 Å². The lowest BCUT2D eigenvalue weighted by Crippen LogP contribution is -2.30. The molecule has 1 atom stereocenters. The molecule has 3 aromatic rings. The molecular formula is C18H15FN2O4. The van der Waals surface area contributed by atoms with Crippen LogP contribution < -0.4 is 5.32 Å². The number of esters is 1. The molecule has 1 N–H and O–H groups in total. The Bertz CT molecular complexity index is 905. The van der Waals surface area contributed by atoms with Gasteiger partial charge in [-0.15, -0.1) is 0 Å². The van der Waals surface area contributed by atoms with Crippen molar-refractivity contribution in [2.45, 2.75) is 19.4 Å². The highest BCUT2D eigenvalue weighted by molar-refractivity contribution is 5.95. The van der Waals surface area contributed by atoms with Gasteiger partial charge in [0, 0.05) is 11.1 Å². The van der Waals surface area contributed by atoms with Crippen molar-refractivity contribution in [2.75, 3.05) is 5.32 Å². The van der Waals surface area contributed by atoms with Gasteiger partial charge in [0.2, 0.25) is 0 Å². The van der Waals surface area contributed by atoms with Crippen LogP contribution in [0.2, 0.25) is 0 Å². The number of nitrogens with zero attached hydrogens (tertiary/aromatic N) is 1. The molecular weight excluding hydrogens is 327 g/mol. The lowest BCUT2D eigenvalue weighted by atomic mass is 10.2. The Kier molecular flexibility index (Phi) is 4.74.